The normalized spacial score (nSPS) is 13.5. The molecule has 0 radical (unpaired) electrons. The van der Waals surface area contributed by atoms with E-state index in [2.05, 4.69) is 6.08 Å². The second-order valence-electron chi connectivity index (χ2n) is 4.25. The molecule has 1 unspecified atom stereocenters. The maximum Gasteiger partial charge on any atom is 0.303 e. The summed E-state index contributed by atoms with van der Waals surface area (Å²) in [6, 6.07) is 0. The Hall–Kier alpha value is -1.09. The first-order valence-electron chi connectivity index (χ1n) is 6.36. The highest BCUT2D eigenvalue weighted by Crippen LogP contribution is 2.07. The summed E-state index contributed by atoms with van der Waals surface area (Å²) in [5, 5.41) is 17.4. The molecule has 0 fully saturated rings. The molecule has 0 aliphatic rings. The summed E-state index contributed by atoms with van der Waals surface area (Å²) in [4.78, 5) is 10.2. The van der Waals surface area contributed by atoms with E-state index in [4.69, 9.17) is 10.2 Å². The molecule has 0 bridgehead atoms. The topological polar surface area (TPSA) is 57.5 Å². The van der Waals surface area contributed by atoms with Crippen LogP contribution in [-0.4, -0.2) is 22.3 Å². The van der Waals surface area contributed by atoms with Gasteiger partial charge in [-0.05, 0) is 26.2 Å². The second kappa shape index (κ2) is 11.4. The van der Waals surface area contributed by atoms with Crippen molar-refractivity contribution in [2.75, 3.05) is 0 Å². The third-order valence-electron chi connectivity index (χ3n) is 2.40. The SMILES string of the molecule is CC(O)/C=C/C=C\CCCCCCCC(=O)O. The van der Waals surface area contributed by atoms with E-state index in [1.54, 1.807) is 13.0 Å². The molecule has 1 atom stereocenters. The summed E-state index contributed by atoms with van der Waals surface area (Å²) in [5.41, 5.74) is 0. The van der Waals surface area contributed by atoms with E-state index in [1.165, 1.54) is 0 Å². The van der Waals surface area contributed by atoms with Crippen molar-refractivity contribution in [3.63, 3.8) is 0 Å². The number of aliphatic carboxylic acids is 1. The number of allylic oxidation sites excluding steroid dienone is 3. The van der Waals surface area contributed by atoms with Gasteiger partial charge < -0.3 is 10.2 Å². The van der Waals surface area contributed by atoms with Gasteiger partial charge in [0.25, 0.3) is 0 Å². The number of rotatable bonds is 10. The molecule has 0 amide bonds. The third kappa shape index (κ3) is 14.9. The molecule has 0 aromatic rings. The number of carboxylic acids is 1. The molecular weight excluding hydrogens is 216 g/mol. The zero-order valence-electron chi connectivity index (χ0n) is 10.6. The van der Waals surface area contributed by atoms with Gasteiger partial charge in [0, 0.05) is 6.42 Å². The average molecular weight is 240 g/mol. The molecule has 2 N–H and O–H groups in total. The minimum atomic E-state index is -0.696. The van der Waals surface area contributed by atoms with E-state index in [0.717, 1.165) is 38.5 Å². The van der Waals surface area contributed by atoms with E-state index in [0.29, 0.717) is 6.42 Å². The van der Waals surface area contributed by atoms with Gasteiger partial charge in [-0.2, -0.15) is 0 Å². The Morgan fingerprint density at radius 2 is 1.76 bits per heavy atom. The van der Waals surface area contributed by atoms with E-state index in [-0.39, 0.29) is 6.10 Å². The van der Waals surface area contributed by atoms with Crippen LogP contribution in [0.1, 0.15) is 51.9 Å². The molecule has 0 saturated heterocycles. The molecule has 0 heterocycles. The second-order valence-corrected chi connectivity index (χ2v) is 4.25. The highest BCUT2D eigenvalue weighted by atomic mass is 16.4. The Bertz CT molecular complexity index is 242. The zero-order valence-corrected chi connectivity index (χ0v) is 10.6. The first-order chi connectivity index (χ1) is 8.13. The van der Waals surface area contributed by atoms with Gasteiger partial charge in [0.05, 0.1) is 6.10 Å². The summed E-state index contributed by atoms with van der Waals surface area (Å²) >= 11 is 0. The molecule has 3 nitrogen and oxygen atoms in total. The Balaban J connectivity index is 3.21. The van der Waals surface area contributed by atoms with E-state index in [1.807, 2.05) is 12.2 Å². The average Bonchev–Trinajstić information content (AvgIpc) is 2.25. The highest BCUT2D eigenvalue weighted by Gasteiger charge is 1.95. The number of carbonyl (C=O) groups is 1. The summed E-state index contributed by atoms with van der Waals surface area (Å²) in [6.07, 6.45) is 13.8. The Morgan fingerprint density at radius 3 is 2.41 bits per heavy atom. The predicted molar refractivity (Wildman–Crippen MR) is 69.9 cm³/mol. The number of hydrogen-bond donors (Lipinski definition) is 2. The third-order valence-corrected chi connectivity index (χ3v) is 2.40. The maximum atomic E-state index is 10.2. The lowest BCUT2D eigenvalue weighted by Crippen LogP contribution is -1.93. The van der Waals surface area contributed by atoms with Gasteiger partial charge in [-0.25, -0.2) is 0 Å². The summed E-state index contributed by atoms with van der Waals surface area (Å²) in [5.74, 6) is -0.696. The highest BCUT2D eigenvalue weighted by molar-refractivity contribution is 5.66. The largest absolute Gasteiger partial charge is 0.481 e. The van der Waals surface area contributed by atoms with Crippen molar-refractivity contribution in [3.05, 3.63) is 24.3 Å². The maximum absolute atomic E-state index is 10.2. The molecule has 0 saturated carbocycles. The Morgan fingerprint density at radius 1 is 1.12 bits per heavy atom. The van der Waals surface area contributed by atoms with Crippen molar-refractivity contribution in [2.24, 2.45) is 0 Å². The molecule has 0 aliphatic heterocycles. The number of carboxylic acid groups (broad SMARTS) is 1. The first kappa shape index (κ1) is 15.9. The van der Waals surface area contributed by atoms with Crippen molar-refractivity contribution in [1.82, 2.24) is 0 Å². The smallest absolute Gasteiger partial charge is 0.303 e. The van der Waals surface area contributed by atoms with Crippen LogP contribution in [0.15, 0.2) is 24.3 Å². The van der Waals surface area contributed by atoms with Gasteiger partial charge in [0.2, 0.25) is 0 Å². The van der Waals surface area contributed by atoms with Crippen LogP contribution in [0.3, 0.4) is 0 Å². The molecule has 98 valence electrons. The molecule has 0 aromatic carbocycles. The van der Waals surface area contributed by atoms with Gasteiger partial charge in [-0.1, -0.05) is 43.6 Å². The fourth-order valence-electron chi connectivity index (χ4n) is 1.47. The van der Waals surface area contributed by atoms with Gasteiger partial charge >= 0.3 is 5.97 Å². The minimum absolute atomic E-state index is 0.296. The Labute approximate surface area is 104 Å². The van der Waals surface area contributed by atoms with Gasteiger partial charge in [0.15, 0.2) is 0 Å². The van der Waals surface area contributed by atoms with E-state index in [9.17, 15) is 4.79 Å². The van der Waals surface area contributed by atoms with Crippen LogP contribution in [-0.2, 0) is 4.79 Å². The molecule has 3 heteroatoms. The van der Waals surface area contributed by atoms with Crippen molar-refractivity contribution in [2.45, 2.75) is 58.0 Å². The quantitative estimate of drug-likeness (QED) is 0.455. The molecular formula is C14H24O3. The van der Waals surface area contributed by atoms with Crippen LogP contribution in [0.5, 0.6) is 0 Å². The van der Waals surface area contributed by atoms with Gasteiger partial charge in [0.1, 0.15) is 0 Å². The zero-order chi connectivity index (χ0) is 12.9. The van der Waals surface area contributed by atoms with Crippen LogP contribution >= 0.6 is 0 Å². The molecule has 0 aliphatic carbocycles. The Kier molecular flexibility index (Phi) is 10.7. The molecule has 0 aromatic heterocycles. The van der Waals surface area contributed by atoms with Crippen LogP contribution in [0.25, 0.3) is 0 Å². The summed E-state index contributed by atoms with van der Waals surface area (Å²) in [7, 11) is 0. The fourth-order valence-corrected chi connectivity index (χ4v) is 1.47. The van der Waals surface area contributed by atoms with E-state index >= 15 is 0 Å². The van der Waals surface area contributed by atoms with E-state index < -0.39 is 5.97 Å². The number of aliphatic hydroxyl groups excluding tert-OH is 1. The van der Waals surface area contributed by atoms with Gasteiger partial charge in [-0.15, -0.1) is 0 Å². The monoisotopic (exact) mass is 240 g/mol. The summed E-state index contributed by atoms with van der Waals surface area (Å²) < 4.78 is 0. The lowest BCUT2D eigenvalue weighted by atomic mass is 10.1. The molecule has 0 spiro atoms. The fraction of sp³-hybridized carbons (Fsp3) is 0.643. The first-order valence-corrected chi connectivity index (χ1v) is 6.36. The summed E-state index contributed by atoms with van der Waals surface area (Å²) in [6.45, 7) is 1.72. The number of unbranched alkanes of at least 4 members (excludes halogenated alkanes) is 5. The van der Waals surface area contributed by atoms with Gasteiger partial charge in [-0.3, -0.25) is 4.79 Å². The van der Waals surface area contributed by atoms with Crippen LogP contribution in [0.4, 0.5) is 0 Å². The lowest BCUT2D eigenvalue weighted by molar-refractivity contribution is -0.137. The number of aliphatic hydroxyl groups is 1. The standard InChI is InChI=1S/C14H24O3/c1-13(15)11-9-7-5-3-2-4-6-8-10-12-14(16)17/h5,7,9,11,13,15H,2-4,6,8,10,12H2,1H3,(H,16,17)/b7-5-,11-9+. The van der Waals surface area contributed by atoms with Crippen molar-refractivity contribution >= 4 is 5.97 Å². The molecule has 0 rings (SSSR count). The lowest BCUT2D eigenvalue weighted by Gasteiger charge is -1.97. The molecule has 17 heavy (non-hydrogen) atoms. The van der Waals surface area contributed by atoms with Crippen molar-refractivity contribution in [3.8, 4) is 0 Å². The van der Waals surface area contributed by atoms with Crippen LogP contribution in [0, 0.1) is 0 Å². The minimum Gasteiger partial charge on any atom is -0.481 e. The predicted octanol–water partition coefficient (Wildman–Crippen LogP) is 3.29. The van der Waals surface area contributed by atoms with Crippen LogP contribution < -0.4 is 0 Å². The van der Waals surface area contributed by atoms with Crippen molar-refractivity contribution in [1.29, 1.82) is 0 Å². The van der Waals surface area contributed by atoms with Crippen molar-refractivity contribution < 1.29 is 15.0 Å². The van der Waals surface area contributed by atoms with Crippen LogP contribution in [0.2, 0.25) is 0 Å². The number of hydrogen-bond acceptors (Lipinski definition) is 2.